The number of morpholine rings is 1. The van der Waals surface area contributed by atoms with Gasteiger partial charge in [-0.1, -0.05) is 31.4 Å². The van der Waals surface area contributed by atoms with Gasteiger partial charge in [-0.05, 0) is 62.4 Å². The molecule has 3 aromatic heterocycles. The van der Waals surface area contributed by atoms with E-state index in [4.69, 9.17) is 14.5 Å². The predicted molar refractivity (Wildman–Crippen MR) is 184 cm³/mol. The molecule has 2 aliphatic rings. The molecule has 7 rings (SSSR count). The van der Waals surface area contributed by atoms with Crippen LogP contribution >= 0.6 is 11.3 Å². The number of nitrogens with zero attached hydrogens (tertiary/aromatic N) is 5. The molecule has 2 fully saturated rings. The Morgan fingerprint density at radius 1 is 1.04 bits per heavy atom. The molecule has 0 radical (unpaired) electrons. The number of pyridine rings is 1. The summed E-state index contributed by atoms with van der Waals surface area (Å²) in [4.78, 5) is 50.9. The van der Waals surface area contributed by atoms with Gasteiger partial charge in [-0.25, -0.2) is 14.8 Å². The summed E-state index contributed by atoms with van der Waals surface area (Å²) in [6.07, 6.45) is 5.24. The molecule has 4 heterocycles. The van der Waals surface area contributed by atoms with Crippen molar-refractivity contribution in [1.82, 2.24) is 19.4 Å². The van der Waals surface area contributed by atoms with Gasteiger partial charge in [0.05, 0.1) is 63.3 Å². The third kappa shape index (κ3) is 5.83. The Hall–Kier alpha value is -4.68. The highest BCUT2D eigenvalue weighted by Crippen LogP contribution is 2.46. The topological polar surface area (TPSA) is 130 Å². The van der Waals surface area contributed by atoms with Crippen molar-refractivity contribution in [3.8, 4) is 21.8 Å². The number of nitro groups is 1. The molecule has 0 atom stereocenters. The summed E-state index contributed by atoms with van der Waals surface area (Å²) in [7, 11) is 1.34. The summed E-state index contributed by atoms with van der Waals surface area (Å²) in [6.45, 7) is 5.77. The van der Waals surface area contributed by atoms with Crippen molar-refractivity contribution in [3.05, 3.63) is 74.4 Å². The fourth-order valence-corrected chi connectivity index (χ4v) is 8.23. The van der Waals surface area contributed by atoms with E-state index in [0.717, 1.165) is 69.8 Å². The molecule has 0 spiro atoms. The lowest BCUT2D eigenvalue weighted by Gasteiger charge is -2.28. The zero-order valence-corrected chi connectivity index (χ0v) is 28.1. The highest BCUT2D eigenvalue weighted by Gasteiger charge is 2.30. The van der Waals surface area contributed by atoms with Crippen LogP contribution in [0, 0.1) is 24.0 Å². The summed E-state index contributed by atoms with van der Waals surface area (Å²) in [6, 6.07) is 12.8. The number of fused-ring (bicyclic) bond motifs is 2. The fourth-order valence-electron chi connectivity index (χ4n) is 7.34. The molecular weight excluding hydrogens is 630 g/mol. The van der Waals surface area contributed by atoms with Crippen LogP contribution in [0.5, 0.6) is 0 Å². The van der Waals surface area contributed by atoms with E-state index in [1.807, 2.05) is 42.7 Å². The third-order valence-electron chi connectivity index (χ3n) is 9.57. The van der Waals surface area contributed by atoms with Crippen molar-refractivity contribution in [2.24, 2.45) is 0 Å². The van der Waals surface area contributed by atoms with Crippen LogP contribution in [0.1, 0.15) is 64.6 Å². The fraction of sp³-hybridized carbons (Fsp3) is 0.389. The average Bonchev–Trinajstić information content (AvgIpc) is 3.62. The van der Waals surface area contributed by atoms with Crippen molar-refractivity contribution < 1.29 is 24.0 Å². The summed E-state index contributed by atoms with van der Waals surface area (Å²) in [5.41, 5.74) is 5.23. The van der Waals surface area contributed by atoms with Crippen LogP contribution in [0.4, 0.5) is 5.69 Å². The molecule has 0 N–H and O–H groups in total. The smallest absolute Gasteiger partial charge is 0.337 e. The van der Waals surface area contributed by atoms with E-state index in [0.29, 0.717) is 54.0 Å². The number of hydrogen-bond acceptors (Lipinski definition) is 9. The number of non-ortho nitro benzene ring substituents is 1. The number of aromatic nitrogens is 3. The normalized spacial score (nSPS) is 15.7. The molecule has 1 aliphatic heterocycles. The van der Waals surface area contributed by atoms with Crippen molar-refractivity contribution in [1.29, 1.82) is 0 Å². The molecule has 248 valence electrons. The lowest BCUT2D eigenvalue weighted by molar-refractivity contribution is -0.383. The molecule has 2 aromatic carbocycles. The first-order chi connectivity index (χ1) is 23.2. The van der Waals surface area contributed by atoms with Gasteiger partial charge in [0.15, 0.2) is 0 Å². The Labute approximate surface area is 281 Å². The molecule has 1 saturated carbocycles. The van der Waals surface area contributed by atoms with Gasteiger partial charge in [0.2, 0.25) is 5.91 Å². The Bertz CT molecular complexity index is 2070. The number of thiazole rings is 1. The number of nitro benzene ring substituents is 1. The second kappa shape index (κ2) is 13.1. The highest BCUT2D eigenvalue weighted by molar-refractivity contribution is 7.15. The van der Waals surface area contributed by atoms with Gasteiger partial charge in [-0.2, -0.15) is 0 Å². The first kappa shape index (κ1) is 31.9. The van der Waals surface area contributed by atoms with E-state index in [-0.39, 0.29) is 29.0 Å². The van der Waals surface area contributed by atoms with Crippen molar-refractivity contribution >= 4 is 50.7 Å². The summed E-state index contributed by atoms with van der Waals surface area (Å²) in [5.74, 6) is -0.362. The van der Waals surface area contributed by atoms with Gasteiger partial charge in [0.1, 0.15) is 12.1 Å². The van der Waals surface area contributed by atoms with Crippen LogP contribution in [0.15, 0.2) is 42.5 Å². The van der Waals surface area contributed by atoms with Crippen molar-refractivity contribution in [2.75, 3.05) is 33.4 Å². The highest BCUT2D eigenvalue weighted by atomic mass is 32.1. The second-order valence-corrected chi connectivity index (χ2v) is 13.8. The van der Waals surface area contributed by atoms with Gasteiger partial charge in [-0.3, -0.25) is 14.9 Å². The van der Waals surface area contributed by atoms with Crippen LogP contribution in [0.3, 0.4) is 0 Å². The average molecular weight is 668 g/mol. The van der Waals surface area contributed by atoms with Gasteiger partial charge in [0.25, 0.3) is 5.69 Å². The Balaban J connectivity index is 1.48. The monoisotopic (exact) mass is 667 g/mol. The molecule has 1 amide bonds. The van der Waals surface area contributed by atoms with Crippen LogP contribution in [-0.4, -0.2) is 69.6 Å². The van der Waals surface area contributed by atoms with Crippen LogP contribution in [-0.2, 0) is 20.8 Å². The standard InChI is InChI=1S/C36H37N5O6S/c1-21-35(48-22(2)37-21)28-12-10-24-17-26(19-30(41(44)45)33(24)38-28)34-32(23-7-5-4-6-8-23)27-11-9-25(36(43)46-3)18-29(27)40(34)20-31(42)39-13-15-47-16-14-39/h9-12,17-19,23H,4-8,13-16,20H2,1-3H3. The number of rotatable bonds is 7. The first-order valence-corrected chi connectivity index (χ1v) is 17.2. The van der Waals surface area contributed by atoms with E-state index in [9.17, 15) is 19.7 Å². The molecule has 11 nitrogen and oxygen atoms in total. The third-order valence-corrected chi connectivity index (χ3v) is 10.7. The van der Waals surface area contributed by atoms with Gasteiger partial charge in [0, 0.05) is 35.5 Å². The lowest BCUT2D eigenvalue weighted by Crippen LogP contribution is -2.42. The maximum absolute atomic E-state index is 13.9. The minimum Gasteiger partial charge on any atom is -0.465 e. The van der Waals surface area contributed by atoms with Gasteiger partial charge < -0.3 is 18.9 Å². The zero-order chi connectivity index (χ0) is 33.5. The quantitative estimate of drug-likeness (QED) is 0.101. The van der Waals surface area contributed by atoms with E-state index in [1.165, 1.54) is 18.4 Å². The number of carbonyl (C=O) groups excluding carboxylic acids is 2. The molecule has 1 aliphatic carbocycles. The number of methoxy groups -OCH3 is 1. The zero-order valence-electron chi connectivity index (χ0n) is 27.3. The van der Waals surface area contributed by atoms with E-state index < -0.39 is 5.97 Å². The first-order valence-electron chi connectivity index (χ1n) is 16.4. The van der Waals surface area contributed by atoms with E-state index >= 15 is 0 Å². The number of esters is 1. The molecule has 0 unspecified atom stereocenters. The maximum Gasteiger partial charge on any atom is 0.337 e. The van der Waals surface area contributed by atoms with Gasteiger partial charge in [-0.15, -0.1) is 11.3 Å². The van der Waals surface area contributed by atoms with Crippen molar-refractivity contribution in [3.63, 3.8) is 0 Å². The molecule has 1 saturated heterocycles. The predicted octanol–water partition coefficient (Wildman–Crippen LogP) is 7.20. The van der Waals surface area contributed by atoms with Crippen molar-refractivity contribution in [2.45, 2.75) is 58.4 Å². The summed E-state index contributed by atoms with van der Waals surface area (Å²) >= 11 is 1.51. The minimum atomic E-state index is -0.473. The number of hydrogen-bond donors (Lipinski definition) is 0. The number of carbonyl (C=O) groups is 2. The van der Waals surface area contributed by atoms with Crippen LogP contribution < -0.4 is 0 Å². The van der Waals surface area contributed by atoms with Crippen LogP contribution in [0.25, 0.3) is 43.6 Å². The Morgan fingerprint density at radius 3 is 2.50 bits per heavy atom. The number of benzene rings is 2. The molecule has 0 bridgehead atoms. The molecule has 12 heteroatoms. The van der Waals surface area contributed by atoms with E-state index in [1.54, 1.807) is 23.1 Å². The summed E-state index contributed by atoms with van der Waals surface area (Å²) < 4.78 is 12.5. The summed E-state index contributed by atoms with van der Waals surface area (Å²) in [5, 5.41) is 15.2. The maximum atomic E-state index is 13.9. The minimum absolute atomic E-state index is 0.0101. The SMILES string of the molecule is COC(=O)c1ccc2c(C3CCCCC3)c(-c3cc([N+](=O)[O-])c4nc(-c5sc(C)nc5C)ccc4c3)n(CC(=O)N3CCOCC3)c2c1. The molecule has 5 aromatic rings. The Morgan fingerprint density at radius 2 is 1.81 bits per heavy atom. The second-order valence-electron chi connectivity index (χ2n) is 12.6. The lowest BCUT2D eigenvalue weighted by atomic mass is 9.81. The Kier molecular flexibility index (Phi) is 8.69. The van der Waals surface area contributed by atoms with Crippen LogP contribution in [0.2, 0.25) is 0 Å². The largest absolute Gasteiger partial charge is 0.465 e. The molecular formula is C36H37N5O6S. The van der Waals surface area contributed by atoms with Gasteiger partial charge >= 0.3 is 5.97 Å². The number of aryl methyl sites for hydroxylation is 2. The number of ether oxygens (including phenoxy) is 2. The molecule has 48 heavy (non-hydrogen) atoms. The number of amides is 1. The van der Waals surface area contributed by atoms with E-state index in [2.05, 4.69) is 4.98 Å².